The van der Waals surface area contributed by atoms with Crippen molar-refractivity contribution in [3.8, 4) is 0 Å². The molecule has 1 amide bonds. The minimum absolute atomic E-state index is 0.0189. The van der Waals surface area contributed by atoms with Crippen molar-refractivity contribution in [2.45, 2.75) is 56.2 Å². The number of likely N-dealkylation sites (N-methyl/N-ethyl adjacent to an activating group) is 1. The molecule has 136 valence electrons. The minimum atomic E-state index is -0.640. The van der Waals surface area contributed by atoms with Gasteiger partial charge in [-0.3, -0.25) is 9.69 Å². The Morgan fingerprint density at radius 2 is 1.92 bits per heavy atom. The van der Waals surface area contributed by atoms with Crippen molar-refractivity contribution in [2.24, 2.45) is 10.7 Å². The van der Waals surface area contributed by atoms with Crippen molar-refractivity contribution in [3.63, 3.8) is 0 Å². The van der Waals surface area contributed by atoms with Crippen molar-refractivity contribution < 1.29 is 4.79 Å². The lowest BCUT2D eigenvalue weighted by Gasteiger charge is -2.43. The van der Waals surface area contributed by atoms with Crippen LogP contribution in [0.25, 0.3) is 0 Å². The number of carbonyl (C=O) groups excluding carboxylic acids is 1. The zero-order valence-corrected chi connectivity index (χ0v) is 16.9. The van der Waals surface area contributed by atoms with Crippen molar-refractivity contribution in [1.82, 2.24) is 4.90 Å². The topological polar surface area (TPSA) is 58.7 Å². The second kappa shape index (κ2) is 6.48. The van der Waals surface area contributed by atoms with Gasteiger partial charge in [0.05, 0.1) is 11.5 Å². The molecule has 26 heavy (non-hydrogen) atoms. The second-order valence-corrected chi connectivity index (χ2v) is 9.62. The molecule has 2 aliphatic rings. The van der Waals surface area contributed by atoms with Crippen molar-refractivity contribution in [2.75, 3.05) is 7.05 Å². The Balaban J connectivity index is 2.05. The molecule has 0 aromatic heterocycles. The number of guanidine groups is 1. The summed E-state index contributed by atoms with van der Waals surface area (Å²) in [6.45, 7) is 8.57. The smallest absolute Gasteiger partial charge is 0.239 e. The van der Waals surface area contributed by atoms with Gasteiger partial charge in [0, 0.05) is 12.3 Å². The summed E-state index contributed by atoms with van der Waals surface area (Å²) in [4.78, 5) is 20.2. The van der Waals surface area contributed by atoms with Gasteiger partial charge in [-0.2, -0.15) is 0 Å². The lowest BCUT2D eigenvalue weighted by molar-refractivity contribution is -0.130. The molecule has 3 atom stereocenters. The summed E-state index contributed by atoms with van der Waals surface area (Å²) < 4.78 is 0. The minimum Gasteiger partial charge on any atom is -0.369 e. The molecule has 1 aromatic rings. The van der Waals surface area contributed by atoms with Crippen LogP contribution in [0.3, 0.4) is 0 Å². The Morgan fingerprint density at radius 1 is 1.31 bits per heavy atom. The molecule has 1 aromatic carbocycles. The third-order valence-corrected chi connectivity index (χ3v) is 6.83. The van der Waals surface area contributed by atoms with Crippen molar-refractivity contribution >= 4 is 31.5 Å². The number of hydrogen-bond donors (Lipinski definition) is 1. The van der Waals surface area contributed by atoms with Crippen molar-refractivity contribution in [1.29, 1.82) is 0 Å². The lowest BCUT2D eigenvalue weighted by Crippen LogP contribution is -2.57. The van der Waals surface area contributed by atoms with E-state index >= 15 is 0 Å². The highest BCUT2D eigenvalue weighted by molar-refractivity contribution is 8.05. The maximum atomic E-state index is 13.2. The molecular weight excluding hydrogens is 341 g/mol. The summed E-state index contributed by atoms with van der Waals surface area (Å²) in [7, 11) is 7.67. The van der Waals surface area contributed by atoms with Crippen LogP contribution in [0, 0.1) is 0 Å². The largest absolute Gasteiger partial charge is 0.369 e. The Hall–Kier alpha value is -1.69. The van der Waals surface area contributed by atoms with E-state index in [2.05, 4.69) is 45.0 Å². The third-order valence-electron chi connectivity index (χ3n) is 5.43. The van der Waals surface area contributed by atoms with Crippen LogP contribution in [0.2, 0.25) is 0 Å². The highest BCUT2D eigenvalue weighted by Crippen LogP contribution is 2.48. The monoisotopic (exact) mass is 367 g/mol. The van der Waals surface area contributed by atoms with Crippen LogP contribution in [0.15, 0.2) is 40.1 Å². The molecule has 4 nitrogen and oxygen atoms in total. The first kappa shape index (κ1) is 19.1. The van der Waals surface area contributed by atoms with Gasteiger partial charge >= 0.3 is 0 Å². The van der Waals surface area contributed by atoms with Gasteiger partial charge in [0.1, 0.15) is 7.85 Å². The fraction of sp³-hybridized carbons (Fsp3) is 0.500. The molecule has 1 unspecified atom stereocenters. The van der Waals surface area contributed by atoms with Gasteiger partial charge in [0.25, 0.3) is 0 Å². The highest BCUT2D eigenvalue weighted by Gasteiger charge is 2.51. The van der Waals surface area contributed by atoms with Gasteiger partial charge in [-0.1, -0.05) is 55.9 Å². The Bertz CT molecular complexity index is 781. The molecule has 2 radical (unpaired) electrons. The van der Waals surface area contributed by atoms with E-state index in [-0.39, 0.29) is 28.4 Å². The van der Waals surface area contributed by atoms with Crippen LogP contribution in [0.1, 0.15) is 51.2 Å². The molecule has 0 saturated heterocycles. The first-order valence-electron chi connectivity index (χ1n) is 8.89. The van der Waals surface area contributed by atoms with E-state index in [4.69, 9.17) is 18.6 Å². The maximum absolute atomic E-state index is 13.2. The van der Waals surface area contributed by atoms with E-state index < -0.39 is 5.54 Å². The standard InChI is InChI=1S/C20H26BN3OS/c1-19(2,3)13-8-6-12(7-9-13)16-17(25)24(5)18(22)23-20(16,4)14-10-11-15(21)26-14/h6-9,11,14,16H,10H2,1-5H3,(H2,22,23)/t14?,16-,20-/m1/s1. The van der Waals surface area contributed by atoms with Gasteiger partial charge in [-0.15, -0.1) is 11.8 Å². The van der Waals surface area contributed by atoms with Crippen LogP contribution in [-0.2, 0) is 10.2 Å². The average Bonchev–Trinajstić information content (AvgIpc) is 3.00. The van der Waals surface area contributed by atoms with E-state index in [1.807, 2.05) is 13.0 Å². The summed E-state index contributed by atoms with van der Waals surface area (Å²) in [6, 6.07) is 8.34. The normalized spacial score (nSPS) is 29.6. The first-order chi connectivity index (χ1) is 12.0. The van der Waals surface area contributed by atoms with E-state index in [0.717, 1.165) is 16.8 Å². The lowest BCUT2D eigenvalue weighted by atomic mass is 9.75. The fourth-order valence-corrected chi connectivity index (χ4v) is 4.84. The SMILES string of the molecule is [B]C1=CCC([C@@]2(C)N=C(N)N(C)C(=O)[C@H]2c2ccc(C(C)(C)C)cc2)S1. The number of thioether (sulfide) groups is 1. The number of benzene rings is 1. The fourth-order valence-electron chi connectivity index (χ4n) is 3.70. The average molecular weight is 367 g/mol. The van der Waals surface area contributed by atoms with Crippen LogP contribution < -0.4 is 5.73 Å². The Kier molecular flexibility index (Phi) is 4.76. The number of amides is 1. The maximum Gasteiger partial charge on any atom is 0.239 e. The number of nitrogens with zero attached hydrogens (tertiary/aromatic N) is 2. The van der Waals surface area contributed by atoms with Crippen LogP contribution in [-0.4, -0.2) is 42.4 Å². The first-order valence-corrected chi connectivity index (χ1v) is 9.77. The molecule has 0 bridgehead atoms. The molecule has 3 rings (SSSR count). The van der Waals surface area contributed by atoms with E-state index in [1.165, 1.54) is 10.5 Å². The molecule has 2 heterocycles. The number of carbonyl (C=O) groups is 1. The predicted octanol–water partition coefficient (Wildman–Crippen LogP) is 3.13. The molecule has 0 aliphatic carbocycles. The number of rotatable bonds is 2. The molecule has 0 fully saturated rings. The van der Waals surface area contributed by atoms with Crippen LogP contribution in [0.5, 0.6) is 0 Å². The molecule has 2 aliphatic heterocycles. The summed E-state index contributed by atoms with van der Waals surface area (Å²) in [6.07, 6.45) is 2.80. The second-order valence-electron chi connectivity index (χ2n) is 8.35. The van der Waals surface area contributed by atoms with E-state index in [0.29, 0.717) is 0 Å². The Morgan fingerprint density at radius 3 is 2.42 bits per heavy atom. The number of nitrogens with two attached hydrogens (primary N) is 1. The van der Waals surface area contributed by atoms with Crippen molar-refractivity contribution in [3.05, 3.63) is 46.3 Å². The van der Waals surface area contributed by atoms with Gasteiger partial charge in [0.2, 0.25) is 5.91 Å². The number of hydrogen-bond acceptors (Lipinski definition) is 4. The van der Waals surface area contributed by atoms with Gasteiger partial charge in [-0.25, -0.2) is 4.99 Å². The summed E-state index contributed by atoms with van der Waals surface area (Å²) in [5.74, 6) is -0.133. The van der Waals surface area contributed by atoms with Gasteiger partial charge < -0.3 is 5.73 Å². The third kappa shape index (κ3) is 3.20. The highest BCUT2D eigenvalue weighted by atomic mass is 32.2. The van der Waals surface area contributed by atoms with E-state index in [9.17, 15) is 4.79 Å². The molecule has 2 N–H and O–H groups in total. The molecule has 0 saturated carbocycles. The summed E-state index contributed by atoms with van der Waals surface area (Å²) in [5.41, 5.74) is 7.70. The quantitative estimate of drug-likeness (QED) is 0.817. The molecule has 6 heteroatoms. The summed E-state index contributed by atoms with van der Waals surface area (Å²) >= 11 is 1.59. The Labute approximate surface area is 161 Å². The zero-order chi connectivity index (χ0) is 19.3. The number of allylic oxidation sites excluding steroid dienone is 1. The van der Waals surface area contributed by atoms with Crippen LogP contribution in [0.4, 0.5) is 0 Å². The van der Waals surface area contributed by atoms with E-state index in [1.54, 1.807) is 18.8 Å². The molecular formula is C20H26BN3OS. The van der Waals surface area contributed by atoms with Gasteiger partial charge in [0.15, 0.2) is 5.96 Å². The summed E-state index contributed by atoms with van der Waals surface area (Å²) in [5, 5.41) is 0.0889. The van der Waals surface area contributed by atoms with Gasteiger partial charge in [-0.05, 0) is 29.9 Å². The van der Waals surface area contributed by atoms with Crippen LogP contribution >= 0.6 is 11.8 Å². The number of aliphatic imine (C=N–C) groups is 1. The predicted molar refractivity (Wildman–Crippen MR) is 111 cm³/mol. The molecule has 0 spiro atoms. The zero-order valence-electron chi connectivity index (χ0n) is 16.1.